The highest BCUT2D eigenvalue weighted by molar-refractivity contribution is 6.30. The fourth-order valence-corrected chi connectivity index (χ4v) is 3.39. The number of hydrogen-bond acceptors (Lipinski definition) is 5. The third-order valence-corrected chi connectivity index (χ3v) is 5.01. The maximum Gasteiger partial charge on any atom is 0.416 e. The largest absolute Gasteiger partial charge is 0.416 e. The van der Waals surface area contributed by atoms with Crippen molar-refractivity contribution >= 4 is 40.2 Å². The van der Waals surface area contributed by atoms with Crippen LogP contribution in [0.1, 0.15) is 31.0 Å². The second-order valence-corrected chi connectivity index (χ2v) is 7.94. The Labute approximate surface area is 187 Å². The minimum atomic E-state index is -4.40. The number of nitrogens with one attached hydrogen (secondary N) is 2. The van der Waals surface area contributed by atoms with Crippen LogP contribution in [0.2, 0.25) is 5.02 Å². The highest BCUT2D eigenvalue weighted by Crippen LogP contribution is 2.30. The highest BCUT2D eigenvalue weighted by Gasteiger charge is 2.30. The molecule has 166 valence electrons. The monoisotopic (exact) mass is 460 g/mol. The molecule has 0 atom stereocenters. The van der Waals surface area contributed by atoms with Crippen LogP contribution in [0.15, 0.2) is 54.9 Å². The zero-order valence-corrected chi connectivity index (χ0v) is 18.0. The number of aromatic nitrogens is 4. The van der Waals surface area contributed by atoms with E-state index >= 15 is 0 Å². The van der Waals surface area contributed by atoms with E-state index in [0.717, 1.165) is 17.8 Å². The molecule has 0 spiro atoms. The Morgan fingerprint density at radius 3 is 2.56 bits per heavy atom. The number of benzene rings is 2. The molecule has 0 amide bonds. The van der Waals surface area contributed by atoms with Crippen molar-refractivity contribution in [1.29, 1.82) is 0 Å². The van der Waals surface area contributed by atoms with Crippen LogP contribution in [0.5, 0.6) is 0 Å². The minimum absolute atomic E-state index is 0.102. The molecule has 6 nitrogen and oxygen atoms in total. The summed E-state index contributed by atoms with van der Waals surface area (Å²) in [6.45, 7) is 4.13. The molecule has 4 aromatic rings. The van der Waals surface area contributed by atoms with E-state index < -0.39 is 11.7 Å². The Morgan fingerprint density at radius 2 is 1.84 bits per heavy atom. The molecule has 0 unspecified atom stereocenters. The van der Waals surface area contributed by atoms with Gasteiger partial charge < -0.3 is 15.2 Å². The van der Waals surface area contributed by atoms with Crippen molar-refractivity contribution in [3.8, 4) is 0 Å². The first kappa shape index (κ1) is 21.9. The molecule has 10 heteroatoms. The number of nitrogens with zero attached hydrogens (tertiary/aromatic N) is 4. The molecule has 32 heavy (non-hydrogen) atoms. The molecule has 0 aliphatic rings. The molecule has 0 aliphatic heterocycles. The Kier molecular flexibility index (Phi) is 5.92. The van der Waals surface area contributed by atoms with E-state index in [2.05, 4.69) is 25.6 Å². The molecule has 2 aromatic carbocycles. The summed E-state index contributed by atoms with van der Waals surface area (Å²) in [7, 11) is 0. The van der Waals surface area contributed by atoms with Crippen molar-refractivity contribution in [2.75, 3.05) is 10.6 Å². The molecule has 2 aromatic heterocycles. The van der Waals surface area contributed by atoms with Crippen LogP contribution >= 0.6 is 11.6 Å². The summed E-state index contributed by atoms with van der Waals surface area (Å²) < 4.78 is 40.9. The van der Waals surface area contributed by atoms with Crippen LogP contribution in [0.25, 0.3) is 11.2 Å². The second-order valence-electron chi connectivity index (χ2n) is 7.50. The van der Waals surface area contributed by atoms with Crippen molar-refractivity contribution in [3.05, 3.63) is 71.0 Å². The molecule has 0 aliphatic carbocycles. The van der Waals surface area contributed by atoms with E-state index in [1.807, 2.05) is 30.5 Å². The Bertz CT molecular complexity index is 1250. The van der Waals surface area contributed by atoms with Gasteiger partial charge in [0.05, 0.1) is 11.9 Å². The standard InChI is InChI=1S/C22H20ClF3N6/c1-13(2)32-12-28-18-19(29-17-8-4-7-16(23)10-17)30-21(31-20(18)32)27-11-14-5-3-6-15(9-14)22(24,25)26/h3-10,12-13H,11H2,1-2H3,(H2,27,29,30,31). The summed E-state index contributed by atoms with van der Waals surface area (Å²) in [4.78, 5) is 13.5. The lowest BCUT2D eigenvalue weighted by atomic mass is 10.1. The molecule has 0 radical (unpaired) electrons. The Morgan fingerprint density at radius 1 is 1.06 bits per heavy atom. The first-order valence-corrected chi connectivity index (χ1v) is 10.3. The van der Waals surface area contributed by atoms with Gasteiger partial charge in [0.15, 0.2) is 17.0 Å². The summed E-state index contributed by atoms with van der Waals surface area (Å²) in [5, 5.41) is 6.80. The SMILES string of the molecule is CC(C)n1cnc2c(Nc3cccc(Cl)c3)nc(NCc3cccc(C(F)(F)F)c3)nc21. The third kappa shape index (κ3) is 4.77. The van der Waals surface area contributed by atoms with Crippen molar-refractivity contribution in [2.45, 2.75) is 32.6 Å². The highest BCUT2D eigenvalue weighted by atomic mass is 35.5. The van der Waals surface area contributed by atoms with Gasteiger partial charge in [-0.3, -0.25) is 0 Å². The Balaban J connectivity index is 1.67. The van der Waals surface area contributed by atoms with Crippen LogP contribution in [0.4, 0.5) is 30.6 Å². The number of fused-ring (bicyclic) bond motifs is 1. The summed E-state index contributed by atoms with van der Waals surface area (Å²) >= 11 is 6.08. The molecular weight excluding hydrogens is 441 g/mol. The maximum atomic E-state index is 13.0. The average molecular weight is 461 g/mol. The molecular formula is C22H20ClF3N6. The molecule has 4 rings (SSSR count). The lowest BCUT2D eigenvalue weighted by molar-refractivity contribution is -0.137. The van der Waals surface area contributed by atoms with Crippen LogP contribution in [0.3, 0.4) is 0 Å². The van der Waals surface area contributed by atoms with Crippen LogP contribution in [0, 0.1) is 0 Å². The van der Waals surface area contributed by atoms with Crippen molar-refractivity contribution in [3.63, 3.8) is 0 Å². The summed E-state index contributed by atoms with van der Waals surface area (Å²) in [6.07, 6.45) is -2.72. The van der Waals surface area contributed by atoms with Gasteiger partial charge in [-0.2, -0.15) is 23.1 Å². The fraction of sp³-hybridized carbons (Fsp3) is 0.227. The third-order valence-electron chi connectivity index (χ3n) is 4.77. The normalized spacial score (nSPS) is 11.8. The van der Waals surface area contributed by atoms with Gasteiger partial charge >= 0.3 is 6.18 Å². The summed E-state index contributed by atoms with van der Waals surface area (Å²) in [5.41, 5.74) is 1.66. The van der Waals surface area contributed by atoms with Crippen molar-refractivity contribution in [2.24, 2.45) is 0 Å². The van der Waals surface area contributed by atoms with Gasteiger partial charge in [-0.05, 0) is 49.7 Å². The van der Waals surface area contributed by atoms with Crippen LogP contribution < -0.4 is 10.6 Å². The molecule has 0 saturated carbocycles. The molecule has 2 heterocycles. The first-order chi connectivity index (χ1) is 15.2. The van der Waals surface area contributed by atoms with Crippen LogP contribution in [-0.4, -0.2) is 19.5 Å². The number of alkyl halides is 3. The number of anilines is 3. The van der Waals surface area contributed by atoms with Crippen LogP contribution in [-0.2, 0) is 12.7 Å². The topological polar surface area (TPSA) is 67.7 Å². The fourth-order valence-electron chi connectivity index (χ4n) is 3.20. The van der Waals surface area contributed by atoms with Gasteiger partial charge in [0, 0.05) is 23.3 Å². The van der Waals surface area contributed by atoms with E-state index in [9.17, 15) is 13.2 Å². The first-order valence-electron chi connectivity index (χ1n) is 9.88. The van der Waals surface area contributed by atoms with E-state index in [1.165, 1.54) is 6.07 Å². The predicted octanol–water partition coefficient (Wildman–Crippen LogP) is 6.44. The van der Waals surface area contributed by atoms with E-state index in [-0.39, 0.29) is 18.5 Å². The van der Waals surface area contributed by atoms with E-state index in [0.29, 0.717) is 27.6 Å². The zero-order valence-electron chi connectivity index (χ0n) is 17.3. The number of imidazole rings is 1. The van der Waals surface area contributed by atoms with Gasteiger partial charge in [0.25, 0.3) is 0 Å². The molecule has 0 saturated heterocycles. The lowest BCUT2D eigenvalue weighted by Crippen LogP contribution is -2.09. The number of hydrogen-bond donors (Lipinski definition) is 2. The lowest BCUT2D eigenvalue weighted by Gasteiger charge is -2.13. The zero-order chi connectivity index (χ0) is 22.9. The van der Waals surface area contributed by atoms with Gasteiger partial charge in [0.1, 0.15) is 0 Å². The average Bonchev–Trinajstić information content (AvgIpc) is 3.16. The summed E-state index contributed by atoms with van der Waals surface area (Å²) in [5.74, 6) is 0.727. The van der Waals surface area contributed by atoms with Gasteiger partial charge in [-0.25, -0.2) is 4.98 Å². The van der Waals surface area contributed by atoms with E-state index in [4.69, 9.17) is 11.6 Å². The van der Waals surface area contributed by atoms with Gasteiger partial charge in [-0.1, -0.05) is 29.8 Å². The number of halogens is 4. The van der Waals surface area contributed by atoms with Crippen molar-refractivity contribution in [1.82, 2.24) is 19.5 Å². The maximum absolute atomic E-state index is 13.0. The summed E-state index contributed by atoms with van der Waals surface area (Å²) in [6, 6.07) is 12.4. The van der Waals surface area contributed by atoms with Gasteiger partial charge in [0.2, 0.25) is 5.95 Å². The Hall–Kier alpha value is -3.33. The molecule has 0 bridgehead atoms. The predicted molar refractivity (Wildman–Crippen MR) is 119 cm³/mol. The van der Waals surface area contributed by atoms with E-state index in [1.54, 1.807) is 24.5 Å². The smallest absolute Gasteiger partial charge is 0.350 e. The number of rotatable bonds is 6. The molecule has 2 N–H and O–H groups in total. The van der Waals surface area contributed by atoms with Crippen molar-refractivity contribution < 1.29 is 13.2 Å². The minimum Gasteiger partial charge on any atom is -0.350 e. The van der Waals surface area contributed by atoms with Gasteiger partial charge in [-0.15, -0.1) is 0 Å². The molecule has 0 fully saturated rings. The quantitative estimate of drug-likeness (QED) is 0.347. The second kappa shape index (κ2) is 8.66.